The Hall–Kier alpha value is -1.43. The molecule has 6 heteroatoms. The molecule has 1 aromatic rings. The van der Waals surface area contributed by atoms with E-state index in [9.17, 15) is 9.59 Å². The minimum atomic E-state index is -0.917. The van der Waals surface area contributed by atoms with E-state index in [0.717, 1.165) is 5.01 Å². The van der Waals surface area contributed by atoms with Crippen molar-refractivity contribution in [3.63, 3.8) is 0 Å². The lowest BCUT2D eigenvalue weighted by Gasteiger charge is -2.08. The van der Waals surface area contributed by atoms with E-state index >= 15 is 0 Å². The SMILES string of the molecule is Cc1nc(C)c(C(=O)OC(C)C(N)=O)s1. The summed E-state index contributed by atoms with van der Waals surface area (Å²) < 4.78 is 4.85. The third kappa shape index (κ3) is 2.76. The van der Waals surface area contributed by atoms with Crippen LogP contribution in [0.5, 0.6) is 0 Å². The van der Waals surface area contributed by atoms with Crippen LogP contribution in [0, 0.1) is 13.8 Å². The maximum absolute atomic E-state index is 11.5. The first kappa shape index (κ1) is 11.6. The van der Waals surface area contributed by atoms with E-state index in [1.807, 2.05) is 0 Å². The number of nitrogens with two attached hydrogens (primary N) is 1. The van der Waals surface area contributed by atoms with Crippen molar-refractivity contribution in [3.8, 4) is 0 Å². The summed E-state index contributed by atoms with van der Waals surface area (Å²) in [6.45, 7) is 4.95. The highest BCUT2D eigenvalue weighted by atomic mass is 32.1. The maximum atomic E-state index is 11.5. The van der Waals surface area contributed by atoms with E-state index in [1.165, 1.54) is 18.3 Å². The van der Waals surface area contributed by atoms with Crippen molar-refractivity contribution in [2.45, 2.75) is 26.9 Å². The Balaban J connectivity index is 2.77. The van der Waals surface area contributed by atoms with E-state index in [1.54, 1.807) is 13.8 Å². The fraction of sp³-hybridized carbons (Fsp3) is 0.444. The predicted octanol–water partition coefficient (Wildman–Crippen LogP) is 0.791. The molecule has 0 aliphatic rings. The zero-order valence-corrected chi connectivity index (χ0v) is 9.55. The van der Waals surface area contributed by atoms with Crippen LogP contribution in [0.15, 0.2) is 0 Å². The van der Waals surface area contributed by atoms with Crippen LogP contribution in [0.2, 0.25) is 0 Å². The lowest BCUT2D eigenvalue weighted by Crippen LogP contribution is -2.30. The first-order valence-corrected chi connectivity index (χ1v) is 5.17. The average Bonchev–Trinajstić information content (AvgIpc) is 2.44. The third-order valence-electron chi connectivity index (χ3n) is 1.77. The second-order valence-electron chi connectivity index (χ2n) is 3.10. The number of esters is 1. The van der Waals surface area contributed by atoms with Gasteiger partial charge in [0.25, 0.3) is 5.91 Å². The topological polar surface area (TPSA) is 82.3 Å². The van der Waals surface area contributed by atoms with Crippen LogP contribution in [-0.4, -0.2) is 23.0 Å². The number of amides is 1. The van der Waals surface area contributed by atoms with Crippen LogP contribution in [-0.2, 0) is 9.53 Å². The number of nitrogens with zero attached hydrogens (tertiary/aromatic N) is 1. The smallest absolute Gasteiger partial charge is 0.351 e. The summed E-state index contributed by atoms with van der Waals surface area (Å²) in [5.41, 5.74) is 5.59. The van der Waals surface area contributed by atoms with Crippen molar-refractivity contribution in [3.05, 3.63) is 15.6 Å². The molecule has 0 bridgehead atoms. The van der Waals surface area contributed by atoms with E-state index in [2.05, 4.69) is 4.98 Å². The van der Waals surface area contributed by atoms with Crippen LogP contribution in [0.1, 0.15) is 27.3 Å². The summed E-state index contributed by atoms with van der Waals surface area (Å²) >= 11 is 1.24. The third-order valence-corrected chi connectivity index (χ3v) is 2.83. The van der Waals surface area contributed by atoms with Crippen LogP contribution in [0.4, 0.5) is 0 Å². The Labute approximate surface area is 91.3 Å². The fourth-order valence-corrected chi connectivity index (χ4v) is 1.80. The molecule has 1 atom stereocenters. The zero-order chi connectivity index (χ0) is 11.6. The van der Waals surface area contributed by atoms with Gasteiger partial charge in [-0.15, -0.1) is 11.3 Å². The summed E-state index contributed by atoms with van der Waals surface area (Å²) in [5, 5.41) is 0.783. The van der Waals surface area contributed by atoms with Crippen molar-refractivity contribution in [1.29, 1.82) is 0 Å². The lowest BCUT2D eigenvalue weighted by molar-refractivity contribution is -0.125. The number of aryl methyl sites for hydroxylation is 2. The molecule has 1 amide bonds. The van der Waals surface area contributed by atoms with Crippen molar-refractivity contribution < 1.29 is 14.3 Å². The summed E-state index contributed by atoms with van der Waals surface area (Å²) in [4.78, 5) is 26.7. The highest BCUT2D eigenvalue weighted by Crippen LogP contribution is 2.18. The molecule has 5 nitrogen and oxygen atoms in total. The van der Waals surface area contributed by atoms with E-state index in [4.69, 9.17) is 10.5 Å². The molecule has 0 saturated carbocycles. The first-order chi connectivity index (χ1) is 6.91. The number of thiazole rings is 1. The Bertz CT molecular complexity index is 400. The second kappa shape index (κ2) is 4.39. The van der Waals surface area contributed by atoms with Gasteiger partial charge in [-0.2, -0.15) is 0 Å². The highest BCUT2D eigenvalue weighted by Gasteiger charge is 2.20. The minimum absolute atomic E-state index is 0.417. The Kier molecular flexibility index (Phi) is 3.41. The average molecular weight is 228 g/mol. The van der Waals surface area contributed by atoms with Crippen molar-refractivity contribution >= 4 is 23.2 Å². The van der Waals surface area contributed by atoms with E-state index in [-0.39, 0.29) is 0 Å². The molecule has 0 spiro atoms. The van der Waals surface area contributed by atoms with Gasteiger partial charge < -0.3 is 10.5 Å². The van der Waals surface area contributed by atoms with Gasteiger partial charge in [0.05, 0.1) is 10.7 Å². The highest BCUT2D eigenvalue weighted by molar-refractivity contribution is 7.13. The lowest BCUT2D eigenvalue weighted by atomic mass is 10.3. The molecule has 0 fully saturated rings. The van der Waals surface area contributed by atoms with Gasteiger partial charge in [0.1, 0.15) is 4.88 Å². The Morgan fingerprint density at radius 2 is 2.07 bits per heavy atom. The van der Waals surface area contributed by atoms with Crippen LogP contribution >= 0.6 is 11.3 Å². The molecule has 82 valence electrons. The van der Waals surface area contributed by atoms with Crippen molar-refractivity contribution in [2.75, 3.05) is 0 Å². The normalized spacial score (nSPS) is 12.2. The number of hydrogen-bond acceptors (Lipinski definition) is 5. The van der Waals surface area contributed by atoms with Gasteiger partial charge in [-0.25, -0.2) is 9.78 Å². The Morgan fingerprint density at radius 1 is 1.47 bits per heavy atom. The number of primary amides is 1. The number of carbonyl (C=O) groups excluding carboxylic acids is 2. The van der Waals surface area contributed by atoms with Gasteiger partial charge in [0.15, 0.2) is 6.10 Å². The van der Waals surface area contributed by atoms with Gasteiger partial charge in [-0.05, 0) is 20.8 Å². The summed E-state index contributed by atoms with van der Waals surface area (Å²) in [6.07, 6.45) is -0.917. The van der Waals surface area contributed by atoms with Crippen LogP contribution in [0.3, 0.4) is 0 Å². The van der Waals surface area contributed by atoms with Gasteiger partial charge in [0, 0.05) is 0 Å². The zero-order valence-electron chi connectivity index (χ0n) is 8.73. The summed E-state index contributed by atoms with van der Waals surface area (Å²) in [7, 11) is 0. The number of hydrogen-bond donors (Lipinski definition) is 1. The predicted molar refractivity (Wildman–Crippen MR) is 55.7 cm³/mol. The second-order valence-corrected chi connectivity index (χ2v) is 4.30. The fourth-order valence-electron chi connectivity index (χ4n) is 0.993. The molecule has 2 N–H and O–H groups in total. The van der Waals surface area contributed by atoms with Gasteiger partial charge in [-0.1, -0.05) is 0 Å². The quantitative estimate of drug-likeness (QED) is 0.775. The van der Waals surface area contributed by atoms with Gasteiger partial charge in [0.2, 0.25) is 0 Å². The molecule has 0 aliphatic heterocycles. The minimum Gasteiger partial charge on any atom is -0.448 e. The molecule has 0 radical (unpaired) electrons. The molecule has 15 heavy (non-hydrogen) atoms. The first-order valence-electron chi connectivity index (χ1n) is 4.36. The molecular weight excluding hydrogens is 216 g/mol. The van der Waals surface area contributed by atoms with Gasteiger partial charge in [-0.3, -0.25) is 4.79 Å². The van der Waals surface area contributed by atoms with Crippen LogP contribution in [0.25, 0.3) is 0 Å². The van der Waals surface area contributed by atoms with Crippen molar-refractivity contribution in [1.82, 2.24) is 4.98 Å². The summed E-state index contributed by atoms with van der Waals surface area (Å²) in [6, 6.07) is 0. The molecule has 0 aromatic carbocycles. The molecule has 1 heterocycles. The molecule has 1 rings (SSSR count). The molecule has 0 aliphatic carbocycles. The Morgan fingerprint density at radius 3 is 2.47 bits per heavy atom. The van der Waals surface area contributed by atoms with E-state index < -0.39 is 18.0 Å². The summed E-state index contributed by atoms with van der Waals surface area (Å²) in [5.74, 6) is -1.22. The van der Waals surface area contributed by atoms with Crippen LogP contribution < -0.4 is 5.73 Å². The largest absolute Gasteiger partial charge is 0.448 e. The monoisotopic (exact) mass is 228 g/mol. The number of carbonyl (C=O) groups is 2. The number of rotatable bonds is 3. The standard InChI is InChI=1S/C9H12N2O3S/c1-4-7(15-6(3)11-4)9(13)14-5(2)8(10)12/h5H,1-3H3,(H2,10,12). The van der Waals surface area contributed by atoms with E-state index in [0.29, 0.717) is 10.6 Å². The number of ether oxygens (including phenoxy) is 1. The number of aromatic nitrogens is 1. The molecular formula is C9H12N2O3S. The van der Waals surface area contributed by atoms with Crippen molar-refractivity contribution in [2.24, 2.45) is 5.73 Å². The molecule has 1 aromatic heterocycles. The molecule has 0 saturated heterocycles. The molecule has 1 unspecified atom stereocenters. The maximum Gasteiger partial charge on any atom is 0.351 e. The van der Waals surface area contributed by atoms with Gasteiger partial charge >= 0.3 is 5.97 Å².